The zero-order chi connectivity index (χ0) is 33.7. The van der Waals surface area contributed by atoms with Crippen molar-refractivity contribution in [1.82, 2.24) is 14.8 Å². The van der Waals surface area contributed by atoms with Crippen molar-refractivity contribution in [2.24, 2.45) is 0 Å². The van der Waals surface area contributed by atoms with Gasteiger partial charge in [0.15, 0.2) is 0 Å². The van der Waals surface area contributed by atoms with Crippen LogP contribution in [-0.4, -0.2) is 59.4 Å². The van der Waals surface area contributed by atoms with Gasteiger partial charge in [-0.15, -0.1) is 0 Å². The van der Waals surface area contributed by atoms with Gasteiger partial charge in [-0.05, 0) is 112 Å². The second-order valence-corrected chi connectivity index (χ2v) is 13.3. The van der Waals surface area contributed by atoms with E-state index in [1.807, 2.05) is 18.7 Å². The summed E-state index contributed by atoms with van der Waals surface area (Å²) in [6, 6.07) is 22.2. The maximum atomic E-state index is 12.1. The molecule has 2 aliphatic rings. The minimum atomic E-state index is -0.102. The highest BCUT2D eigenvalue weighted by Gasteiger charge is 2.27. The van der Waals surface area contributed by atoms with Gasteiger partial charge in [0.05, 0.1) is 6.61 Å². The first-order valence-electron chi connectivity index (χ1n) is 18.4. The van der Waals surface area contributed by atoms with E-state index in [0.717, 1.165) is 95.3 Å². The molecule has 7 heteroatoms. The highest BCUT2D eigenvalue weighted by Crippen LogP contribution is 2.35. The molecule has 2 heterocycles. The van der Waals surface area contributed by atoms with E-state index in [1.165, 1.54) is 28.1 Å². The Morgan fingerprint density at radius 3 is 2.46 bits per heavy atom. The molecule has 0 saturated carbocycles. The van der Waals surface area contributed by atoms with E-state index in [4.69, 9.17) is 14.5 Å². The summed E-state index contributed by atoms with van der Waals surface area (Å²) in [7, 11) is 0. The number of pyridine rings is 1. The summed E-state index contributed by atoms with van der Waals surface area (Å²) in [4.78, 5) is 33.7. The summed E-state index contributed by atoms with van der Waals surface area (Å²) >= 11 is 0. The summed E-state index contributed by atoms with van der Waals surface area (Å²) < 4.78 is 11.6. The summed E-state index contributed by atoms with van der Waals surface area (Å²) in [5.74, 6) is 1.61. The fraction of sp³-hybridized carbons (Fsp3) is 0.537. The standard InChI is InChI=1S/C41H55N3O4/c1-4-35-21-22-36-37(42-35)13-11-14-38(36)43(26-10-9-16-41(46)47-6-3)27-25-34-12-7-8-15-39(34)48-30-31-17-19-32(20-18-31)33-23-28-44(29-24-33)40(45)5-2/h7-8,12,15,17-22,33,38H,4-6,9-11,13-14,16,23-30H2,1-3H3. The molecular weight excluding hydrogens is 598 g/mol. The molecule has 0 bridgehead atoms. The largest absolute Gasteiger partial charge is 0.489 e. The number of amides is 1. The first kappa shape index (κ1) is 35.6. The Morgan fingerprint density at radius 1 is 0.917 bits per heavy atom. The van der Waals surface area contributed by atoms with Crippen molar-refractivity contribution in [3.05, 3.63) is 94.3 Å². The zero-order valence-corrected chi connectivity index (χ0v) is 29.4. The van der Waals surface area contributed by atoms with Crippen LogP contribution in [-0.2, 0) is 40.2 Å². The number of piperidine rings is 1. The van der Waals surface area contributed by atoms with Gasteiger partial charge in [0.25, 0.3) is 0 Å². The molecule has 1 aliphatic heterocycles. The van der Waals surface area contributed by atoms with E-state index in [-0.39, 0.29) is 11.9 Å². The number of aromatic nitrogens is 1. The van der Waals surface area contributed by atoms with E-state index in [2.05, 4.69) is 72.5 Å². The van der Waals surface area contributed by atoms with Crippen LogP contribution in [0.1, 0.15) is 118 Å². The molecule has 258 valence electrons. The zero-order valence-electron chi connectivity index (χ0n) is 29.4. The highest BCUT2D eigenvalue weighted by molar-refractivity contribution is 5.75. The Hall–Kier alpha value is -3.71. The van der Waals surface area contributed by atoms with Crippen LogP contribution in [0.2, 0.25) is 0 Å². The molecule has 1 unspecified atom stereocenters. The molecule has 0 radical (unpaired) electrons. The van der Waals surface area contributed by atoms with Gasteiger partial charge in [0.2, 0.25) is 5.91 Å². The Kier molecular flexibility index (Phi) is 13.5. The normalized spacial score (nSPS) is 16.5. The monoisotopic (exact) mass is 653 g/mol. The summed E-state index contributed by atoms with van der Waals surface area (Å²) in [5.41, 5.74) is 7.53. The molecule has 1 amide bonds. The average Bonchev–Trinajstić information content (AvgIpc) is 3.13. The van der Waals surface area contributed by atoms with Crippen LogP contribution in [0.4, 0.5) is 0 Å². The number of carbonyl (C=O) groups is 2. The molecule has 1 fully saturated rings. The van der Waals surface area contributed by atoms with Crippen LogP contribution >= 0.6 is 0 Å². The van der Waals surface area contributed by atoms with Gasteiger partial charge in [0, 0.05) is 49.9 Å². The van der Waals surface area contributed by atoms with E-state index in [1.54, 1.807) is 0 Å². The third kappa shape index (κ3) is 9.68. The lowest BCUT2D eigenvalue weighted by atomic mass is 9.89. The molecule has 5 rings (SSSR count). The number of benzene rings is 2. The lowest BCUT2D eigenvalue weighted by Gasteiger charge is -2.36. The Morgan fingerprint density at radius 2 is 1.71 bits per heavy atom. The molecule has 7 nitrogen and oxygen atoms in total. The maximum Gasteiger partial charge on any atom is 0.305 e. The van der Waals surface area contributed by atoms with Gasteiger partial charge in [-0.3, -0.25) is 19.5 Å². The van der Waals surface area contributed by atoms with Gasteiger partial charge in [-0.25, -0.2) is 0 Å². The smallest absolute Gasteiger partial charge is 0.305 e. The van der Waals surface area contributed by atoms with Crippen molar-refractivity contribution in [2.45, 2.75) is 110 Å². The Bertz CT molecular complexity index is 1460. The number of carbonyl (C=O) groups excluding carboxylic acids is 2. The fourth-order valence-corrected chi connectivity index (χ4v) is 7.34. The highest BCUT2D eigenvalue weighted by atomic mass is 16.5. The number of para-hydroxylation sites is 1. The van der Waals surface area contributed by atoms with Crippen molar-refractivity contribution in [3.8, 4) is 5.75 Å². The average molecular weight is 654 g/mol. The molecule has 1 aliphatic carbocycles. The van der Waals surface area contributed by atoms with Crippen molar-refractivity contribution >= 4 is 11.9 Å². The number of nitrogens with zero attached hydrogens (tertiary/aromatic N) is 3. The molecule has 48 heavy (non-hydrogen) atoms. The number of hydrogen-bond acceptors (Lipinski definition) is 6. The number of likely N-dealkylation sites (tertiary alicyclic amines) is 1. The van der Waals surface area contributed by atoms with Crippen molar-refractivity contribution in [1.29, 1.82) is 0 Å². The van der Waals surface area contributed by atoms with Crippen LogP contribution in [0.25, 0.3) is 0 Å². The third-order valence-electron chi connectivity index (χ3n) is 10.1. The van der Waals surface area contributed by atoms with Gasteiger partial charge in [0.1, 0.15) is 12.4 Å². The number of ether oxygens (including phenoxy) is 2. The van der Waals surface area contributed by atoms with Crippen LogP contribution in [0.3, 0.4) is 0 Å². The number of esters is 1. The second-order valence-electron chi connectivity index (χ2n) is 13.3. The molecule has 0 spiro atoms. The molecular formula is C41H55N3O4. The predicted octanol–water partition coefficient (Wildman–Crippen LogP) is 7.99. The molecule has 3 aromatic rings. The quantitative estimate of drug-likeness (QED) is 0.115. The van der Waals surface area contributed by atoms with Gasteiger partial charge < -0.3 is 14.4 Å². The SMILES string of the molecule is CCOC(=O)CCCCN(CCc1ccccc1OCc1ccc(C2CCN(C(=O)CC)CC2)cc1)C1CCCc2nc(CC)ccc21. The van der Waals surface area contributed by atoms with Crippen molar-refractivity contribution in [3.63, 3.8) is 0 Å². The summed E-state index contributed by atoms with van der Waals surface area (Å²) in [6.07, 6.45) is 10.1. The summed E-state index contributed by atoms with van der Waals surface area (Å²) in [5, 5.41) is 0. The van der Waals surface area contributed by atoms with Crippen LogP contribution in [0.5, 0.6) is 5.75 Å². The van der Waals surface area contributed by atoms with Crippen LogP contribution in [0.15, 0.2) is 60.7 Å². The minimum absolute atomic E-state index is 0.102. The fourth-order valence-electron chi connectivity index (χ4n) is 7.34. The lowest BCUT2D eigenvalue weighted by Crippen LogP contribution is -2.37. The van der Waals surface area contributed by atoms with Gasteiger partial charge in [-0.1, -0.05) is 62.4 Å². The molecule has 1 saturated heterocycles. The first-order valence-corrected chi connectivity index (χ1v) is 18.4. The lowest BCUT2D eigenvalue weighted by molar-refractivity contribution is -0.143. The molecule has 1 aromatic heterocycles. The van der Waals surface area contributed by atoms with Crippen LogP contribution < -0.4 is 4.74 Å². The topological polar surface area (TPSA) is 72.0 Å². The van der Waals surface area contributed by atoms with E-state index >= 15 is 0 Å². The van der Waals surface area contributed by atoms with Crippen LogP contribution in [0, 0.1) is 0 Å². The number of hydrogen-bond donors (Lipinski definition) is 0. The number of rotatable bonds is 16. The number of fused-ring (bicyclic) bond motifs is 1. The number of unbranched alkanes of at least 4 members (excludes halogenated alkanes) is 1. The third-order valence-corrected chi connectivity index (χ3v) is 10.1. The van der Waals surface area contributed by atoms with E-state index in [9.17, 15) is 9.59 Å². The maximum absolute atomic E-state index is 12.1. The van der Waals surface area contributed by atoms with Crippen molar-refractivity contribution < 1.29 is 19.1 Å². The van der Waals surface area contributed by atoms with E-state index < -0.39 is 0 Å². The Labute approximate surface area is 288 Å². The molecule has 1 atom stereocenters. The molecule has 0 N–H and O–H groups in total. The second kappa shape index (κ2) is 18.2. The molecule has 2 aromatic carbocycles. The number of aryl methyl sites for hydroxylation is 2. The first-order chi connectivity index (χ1) is 23.5. The van der Waals surface area contributed by atoms with Crippen molar-refractivity contribution in [2.75, 3.05) is 32.8 Å². The van der Waals surface area contributed by atoms with Gasteiger partial charge in [-0.2, -0.15) is 0 Å². The Balaban J connectivity index is 1.20. The van der Waals surface area contributed by atoms with E-state index in [0.29, 0.717) is 38.0 Å². The predicted molar refractivity (Wildman–Crippen MR) is 191 cm³/mol. The van der Waals surface area contributed by atoms with Gasteiger partial charge >= 0.3 is 5.97 Å². The summed E-state index contributed by atoms with van der Waals surface area (Å²) in [6.45, 7) is 10.5. The minimum Gasteiger partial charge on any atom is -0.489 e.